The average molecular weight is 398 g/mol. The van der Waals surface area contributed by atoms with Crippen molar-refractivity contribution >= 4 is 17.6 Å². The lowest BCUT2D eigenvalue weighted by atomic mass is 10.2. The van der Waals surface area contributed by atoms with Crippen LogP contribution in [0.3, 0.4) is 0 Å². The molecule has 0 amide bonds. The van der Waals surface area contributed by atoms with E-state index in [4.69, 9.17) is 16.3 Å². The SMILES string of the molecule is Cc1cc(=O)n(NCc2cc(F)ccc2Cl)c(=O)n1CC(=O)OC(C)(C)C. The molecule has 146 valence electrons. The maximum Gasteiger partial charge on any atom is 0.350 e. The number of aromatic nitrogens is 2. The van der Waals surface area contributed by atoms with Crippen LogP contribution in [-0.4, -0.2) is 20.8 Å². The van der Waals surface area contributed by atoms with Gasteiger partial charge in [-0.15, -0.1) is 0 Å². The van der Waals surface area contributed by atoms with Gasteiger partial charge in [0.05, 0.1) is 6.54 Å². The molecule has 0 spiro atoms. The second-order valence-corrected chi connectivity index (χ2v) is 7.39. The Morgan fingerprint density at radius 3 is 2.56 bits per heavy atom. The summed E-state index contributed by atoms with van der Waals surface area (Å²) in [6.45, 7) is 6.29. The van der Waals surface area contributed by atoms with Crippen LogP contribution in [0.15, 0.2) is 33.9 Å². The lowest BCUT2D eigenvalue weighted by Crippen LogP contribution is -2.46. The molecule has 1 aromatic heterocycles. The van der Waals surface area contributed by atoms with E-state index in [2.05, 4.69) is 5.43 Å². The van der Waals surface area contributed by atoms with Gasteiger partial charge in [-0.3, -0.25) is 14.2 Å². The van der Waals surface area contributed by atoms with Crippen molar-refractivity contribution in [3.05, 3.63) is 67.2 Å². The van der Waals surface area contributed by atoms with Gasteiger partial charge >= 0.3 is 11.7 Å². The first-order chi connectivity index (χ1) is 12.5. The first-order valence-electron chi connectivity index (χ1n) is 8.21. The van der Waals surface area contributed by atoms with Crippen molar-refractivity contribution in [2.75, 3.05) is 5.43 Å². The van der Waals surface area contributed by atoms with E-state index in [9.17, 15) is 18.8 Å². The van der Waals surface area contributed by atoms with Gasteiger partial charge in [0.2, 0.25) is 0 Å². The van der Waals surface area contributed by atoms with E-state index >= 15 is 0 Å². The van der Waals surface area contributed by atoms with Crippen molar-refractivity contribution in [2.24, 2.45) is 0 Å². The molecule has 1 N–H and O–H groups in total. The summed E-state index contributed by atoms with van der Waals surface area (Å²) in [5, 5.41) is 0.290. The van der Waals surface area contributed by atoms with E-state index in [1.165, 1.54) is 24.3 Å². The quantitative estimate of drug-likeness (QED) is 0.782. The van der Waals surface area contributed by atoms with E-state index in [1.54, 1.807) is 27.7 Å². The summed E-state index contributed by atoms with van der Waals surface area (Å²) in [5.41, 5.74) is 1.27. The zero-order valence-corrected chi connectivity index (χ0v) is 16.3. The van der Waals surface area contributed by atoms with Gasteiger partial charge in [0, 0.05) is 16.8 Å². The molecule has 0 bridgehead atoms. The number of carbonyl (C=O) groups excluding carboxylic acids is 1. The predicted molar refractivity (Wildman–Crippen MR) is 100 cm³/mol. The molecule has 0 unspecified atom stereocenters. The number of hydrogen-bond acceptors (Lipinski definition) is 5. The van der Waals surface area contributed by atoms with E-state index < -0.39 is 28.6 Å². The number of esters is 1. The maximum atomic E-state index is 13.4. The van der Waals surface area contributed by atoms with E-state index in [0.29, 0.717) is 11.3 Å². The number of carbonyl (C=O) groups is 1. The normalized spacial score (nSPS) is 11.3. The van der Waals surface area contributed by atoms with Gasteiger partial charge in [0.25, 0.3) is 5.56 Å². The van der Waals surface area contributed by atoms with Crippen LogP contribution >= 0.6 is 11.6 Å². The largest absolute Gasteiger partial charge is 0.459 e. The van der Waals surface area contributed by atoms with E-state index in [-0.39, 0.29) is 18.1 Å². The summed E-state index contributed by atoms with van der Waals surface area (Å²) in [4.78, 5) is 36.8. The highest BCUT2D eigenvalue weighted by Gasteiger charge is 2.19. The Kier molecular flexibility index (Phi) is 6.10. The monoisotopic (exact) mass is 397 g/mol. The topological polar surface area (TPSA) is 82.3 Å². The zero-order valence-electron chi connectivity index (χ0n) is 15.5. The molecule has 0 aliphatic rings. The van der Waals surface area contributed by atoms with Gasteiger partial charge in [-0.25, -0.2) is 9.18 Å². The smallest absolute Gasteiger partial charge is 0.350 e. The highest BCUT2D eigenvalue weighted by atomic mass is 35.5. The summed E-state index contributed by atoms with van der Waals surface area (Å²) in [5.74, 6) is -1.10. The van der Waals surface area contributed by atoms with Crippen molar-refractivity contribution in [1.29, 1.82) is 0 Å². The molecule has 1 heterocycles. The number of nitrogens with one attached hydrogen (secondary N) is 1. The Hall–Kier alpha value is -2.61. The highest BCUT2D eigenvalue weighted by Crippen LogP contribution is 2.16. The minimum Gasteiger partial charge on any atom is -0.459 e. The third kappa shape index (κ3) is 5.43. The van der Waals surface area contributed by atoms with Crippen molar-refractivity contribution in [1.82, 2.24) is 9.24 Å². The molecule has 0 atom stereocenters. The Morgan fingerprint density at radius 1 is 1.26 bits per heavy atom. The Morgan fingerprint density at radius 2 is 1.93 bits per heavy atom. The van der Waals surface area contributed by atoms with Crippen LogP contribution < -0.4 is 16.7 Å². The minimum atomic E-state index is -0.738. The fourth-order valence-electron chi connectivity index (χ4n) is 2.37. The molecule has 2 rings (SSSR count). The molecule has 2 aromatic rings. The van der Waals surface area contributed by atoms with Gasteiger partial charge < -0.3 is 10.2 Å². The van der Waals surface area contributed by atoms with Crippen molar-refractivity contribution in [3.63, 3.8) is 0 Å². The molecular weight excluding hydrogens is 377 g/mol. The fourth-order valence-corrected chi connectivity index (χ4v) is 2.56. The number of nitrogens with zero attached hydrogens (tertiary/aromatic N) is 2. The standard InChI is InChI=1S/C18H21ClFN3O4/c1-11-7-15(24)23(21-9-12-8-13(20)5-6-14(12)19)17(26)22(11)10-16(25)27-18(2,3)4/h5-8,21H,9-10H2,1-4H3. The molecule has 0 aliphatic heterocycles. The second-order valence-electron chi connectivity index (χ2n) is 6.99. The predicted octanol–water partition coefficient (Wildman–Crippen LogP) is 2.20. The zero-order chi connectivity index (χ0) is 20.4. The van der Waals surface area contributed by atoms with Crippen LogP contribution in [0.25, 0.3) is 0 Å². The van der Waals surface area contributed by atoms with Crippen molar-refractivity contribution in [3.8, 4) is 0 Å². The molecule has 0 fully saturated rings. The van der Waals surface area contributed by atoms with Crippen LogP contribution in [0.5, 0.6) is 0 Å². The van der Waals surface area contributed by atoms with Crippen LogP contribution in [0.1, 0.15) is 32.0 Å². The number of ether oxygens (including phenoxy) is 1. The van der Waals surface area contributed by atoms with E-state index in [1.807, 2.05) is 0 Å². The number of rotatable bonds is 5. The van der Waals surface area contributed by atoms with Gasteiger partial charge in [-0.1, -0.05) is 11.6 Å². The van der Waals surface area contributed by atoms with E-state index in [0.717, 1.165) is 9.24 Å². The molecule has 0 saturated heterocycles. The molecule has 1 aromatic carbocycles. The summed E-state index contributed by atoms with van der Waals surface area (Å²) in [6.07, 6.45) is 0. The molecule has 7 nitrogen and oxygen atoms in total. The first-order valence-corrected chi connectivity index (χ1v) is 8.59. The summed E-state index contributed by atoms with van der Waals surface area (Å²) in [7, 11) is 0. The number of benzene rings is 1. The Labute approximate surface area is 160 Å². The molecule has 0 aliphatic carbocycles. The molecule has 0 radical (unpaired) electrons. The summed E-state index contributed by atoms with van der Waals surface area (Å²) in [6, 6.07) is 5.00. The van der Waals surface area contributed by atoms with Gasteiger partial charge in [0.15, 0.2) is 0 Å². The van der Waals surface area contributed by atoms with Crippen molar-refractivity contribution < 1.29 is 13.9 Å². The molecule has 9 heteroatoms. The van der Waals surface area contributed by atoms with Crippen LogP contribution in [0.4, 0.5) is 4.39 Å². The molecule has 27 heavy (non-hydrogen) atoms. The number of aryl methyl sites for hydroxylation is 1. The third-order valence-corrected chi connectivity index (χ3v) is 3.91. The third-order valence-electron chi connectivity index (χ3n) is 3.54. The number of halogens is 2. The van der Waals surface area contributed by atoms with Gasteiger partial charge in [0.1, 0.15) is 18.0 Å². The summed E-state index contributed by atoms with van der Waals surface area (Å²) < 4.78 is 20.4. The lowest BCUT2D eigenvalue weighted by molar-refractivity contribution is -0.155. The fraction of sp³-hybridized carbons (Fsp3) is 0.389. The highest BCUT2D eigenvalue weighted by molar-refractivity contribution is 6.31. The van der Waals surface area contributed by atoms with Crippen LogP contribution in [-0.2, 0) is 22.6 Å². The maximum absolute atomic E-state index is 13.4. The Bertz CT molecular complexity index is 976. The van der Waals surface area contributed by atoms with Crippen LogP contribution in [0.2, 0.25) is 5.02 Å². The van der Waals surface area contributed by atoms with Gasteiger partial charge in [-0.05, 0) is 51.5 Å². The summed E-state index contributed by atoms with van der Waals surface area (Å²) >= 11 is 5.99. The lowest BCUT2D eigenvalue weighted by Gasteiger charge is -2.20. The van der Waals surface area contributed by atoms with Crippen LogP contribution in [0, 0.1) is 12.7 Å². The minimum absolute atomic E-state index is 0.0543. The second kappa shape index (κ2) is 7.96. The number of hydrogen-bond donors (Lipinski definition) is 1. The Balaban J connectivity index is 2.30. The molecule has 0 saturated carbocycles. The first kappa shape index (κ1) is 20.7. The average Bonchev–Trinajstić information content (AvgIpc) is 2.52. The van der Waals surface area contributed by atoms with Crippen molar-refractivity contribution in [2.45, 2.75) is 46.4 Å². The molecular formula is C18H21ClFN3O4. The van der Waals surface area contributed by atoms with Gasteiger partial charge in [-0.2, -0.15) is 4.68 Å².